The van der Waals surface area contributed by atoms with E-state index >= 15 is 0 Å². The highest BCUT2D eigenvalue weighted by molar-refractivity contribution is 5.06. The molecule has 0 atom stereocenters. The second-order valence-electron chi connectivity index (χ2n) is 3.81. The van der Waals surface area contributed by atoms with E-state index in [0.717, 1.165) is 32.6 Å². The molecule has 0 spiro atoms. The molecular formula is C11H16FN3. The zero-order valence-corrected chi connectivity index (χ0v) is 8.75. The molecule has 0 unspecified atom stereocenters. The maximum absolute atomic E-state index is 13.3. The fraction of sp³-hybridized carbons (Fsp3) is 0.545. The van der Waals surface area contributed by atoms with Crippen LogP contribution >= 0.6 is 0 Å². The Hall–Kier alpha value is -1.00. The van der Waals surface area contributed by atoms with Gasteiger partial charge in [-0.3, -0.25) is 9.88 Å². The monoisotopic (exact) mass is 209 g/mol. The smallest absolute Gasteiger partial charge is 0.146 e. The van der Waals surface area contributed by atoms with Crippen molar-refractivity contribution in [3.8, 4) is 0 Å². The van der Waals surface area contributed by atoms with Crippen molar-refractivity contribution in [3.63, 3.8) is 0 Å². The zero-order chi connectivity index (χ0) is 10.5. The molecule has 1 fully saturated rings. The second kappa shape index (κ2) is 5.19. The van der Waals surface area contributed by atoms with Gasteiger partial charge in [-0.2, -0.15) is 0 Å². The molecule has 1 aromatic heterocycles. The predicted octanol–water partition coefficient (Wildman–Crippen LogP) is 1.02. The van der Waals surface area contributed by atoms with Crippen LogP contribution in [0.5, 0.6) is 0 Å². The molecular weight excluding hydrogens is 193 g/mol. The summed E-state index contributed by atoms with van der Waals surface area (Å²) >= 11 is 0. The van der Waals surface area contributed by atoms with Crippen molar-refractivity contribution in [3.05, 3.63) is 29.8 Å². The van der Waals surface area contributed by atoms with E-state index < -0.39 is 0 Å². The third-order valence-electron chi connectivity index (χ3n) is 2.64. The van der Waals surface area contributed by atoms with Crippen molar-refractivity contribution in [2.24, 2.45) is 0 Å². The van der Waals surface area contributed by atoms with Crippen LogP contribution in [0.3, 0.4) is 0 Å². The number of halogens is 1. The summed E-state index contributed by atoms with van der Waals surface area (Å²) in [4.78, 5) is 6.31. The van der Waals surface area contributed by atoms with Gasteiger partial charge in [-0.05, 0) is 31.6 Å². The van der Waals surface area contributed by atoms with Crippen molar-refractivity contribution < 1.29 is 4.39 Å². The van der Waals surface area contributed by atoms with Crippen LogP contribution in [0.15, 0.2) is 18.3 Å². The maximum Gasteiger partial charge on any atom is 0.146 e. The Labute approximate surface area is 89.3 Å². The van der Waals surface area contributed by atoms with E-state index in [0.29, 0.717) is 12.2 Å². The normalized spacial score (nSPS) is 18.7. The number of nitrogens with one attached hydrogen (secondary N) is 1. The highest BCUT2D eigenvalue weighted by Gasteiger charge is 2.11. The van der Waals surface area contributed by atoms with E-state index in [4.69, 9.17) is 0 Å². The molecule has 0 bridgehead atoms. The fourth-order valence-electron chi connectivity index (χ4n) is 1.81. The molecule has 82 valence electrons. The first-order chi connectivity index (χ1) is 7.36. The van der Waals surface area contributed by atoms with E-state index in [1.807, 2.05) is 0 Å². The summed E-state index contributed by atoms with van der Waals surface area (Å²) in [6, 6.07) is 3.10. The van der Waals surface area contributed by atoms with Gasteiger partial charge in [-0.15, -0.1) is 0 Å². The van der Waals surface area contributed by atoms with Crippen LogP contribution in [0, 0.1) is 5.82 Å². The lowest BCUT2D eigenvalue weighted by Crippen LogP contribution is -2.28. The minimum absolute atomic E-state index is 0.199. The van der Waals surface area contributed by atoms with Gasteiger partial charge in [-0.25, -0.2) is 4.39 Å². The minimum Gasteiger partial charge on any atom is -0.315 e. The molecule has 0 amide bonds. The molecule has 0 radical (unpaired) electrons. The van der Waals surface area contributed by atoms with Gasteiger partial charge in [0.2, 0.25) is 0 Å². The summed E-state index contributed by atoms with van der Waals surface area (Å²) in [6.45, 7) is 4.64. The maximum atomic E-state index is 13.3. The number of rotatable bonds is 2. The molecule has 15 heavy (non-hydrogen) atoms. The quantitative estimate of drug-likeness (QED) is 0.788. The van der Waals surface area contributed by atoms with Crippen LogP contribution in [-0.4, -0.2) is 36.1 Å². The zero-order valence-electron chi connectivity index (χ0n) is 8.75. The Balaban J connectivity index is 1.98. The summed E-state index contributed by atoms with van der Waals surface area (Å²) in [5.74, 6) is -0.199. The molecule has 1 aliphatic rings. The van der Waals surface area contributed by atoms with Gasteiger partial charge >= 0.3 is 0 Å². The van der Waals surface area contributed by atoms with Crippen molar-refractivity contribution >= 4 is 0 Å². The molecule has 1 aromatic rings. The Morgan fingerprint density at radius 1 is 1.40 bits per heavy atom. The first-order valence-corrected chi connectivity index (χ1v) is 5.39. The first kappa shape index (κ1) is 10.5. The topological polar surface area (TPSA) is 28.2 Å². The lowest BCUT2D eigenvalue weighted by molar-refractivity contribution is 0.276. The Bertz CT molecular complexity index is 308. The molecule has 0 aromatic carbocycles. The number of pyridine rings is 1. The van der Waals surface area contributed by atoms with Gasteiger partial charge in [0.25, 0.3) is 0 Å². The molecule has 1 saturated heterocycles. The summed E-state index contributed by atoms with van der Waals surface area (Å²) in [5.41, 5.74) is 0.555. The minimum atomic E-state index is -0.199. The molecule has 2 rings (SSSR count). The van der Waals surface area contributed by atoms with Crippen molar-refractivity contribution in [1.29, 1.82) is 0 Å². The van der Waals surface area contributed by atoms with E-state index in [-0.39, 0.29) is 5.82 Å². The molecule has 3 nitrogen and oxygen atoms in total. The Kier molecular flexibility index (Phi) is 3.64. The predicted molar refractivity (Wildman–Crippen MR) is 57.0 cm³/mol. The van der Waals surface area contributed by atoms with Crippen molar-refractivity contribution in [2.75, 3.05) is 26.2 Å². The average molecular weight is 209 g/mol. The molecule has 4 heteroatoms. The second-order valence-corrected chi connectivity index (χ2v) is 3.81. The SMILES string of the molecule is Fc1cccnc1CN1CCCNCC1. The van der Waals surface area contributed by atoms with Crippen molar-refractivity contribution in [2.45, 2.75) is 13.0 Å². The standard InChI is InChI=1S/C11H16FN3/c12-10-3-1-5-14-11(10)9-15-7-2-4-13-6-8-15/h1,3,5,13H,2,4,6-9H2. The third-order valence-corrected chi connectivity index (χ3v) is 2.64. The van der Waals surface area contributed by atoms with Gasteiger partial charge in [-0.1, -0.05) is 0 Å². The van der Waals surface area contributed by atoms with Crippen LogP contribution in [0.1, 0.15) is 12.1 Å². The van der Waals surface area contributed by atoms with E-state index in [1.54, 1.807) is 12.3 Å². The summed E-state index contributed by atoms with van der Waals surface area (Å²) < 4.78 is 13.3. The lowest BCUT2D eigenvalue weighted by Gasteiger charge is -2.18. The lowest BCUT2D eigenvalue weighted by atomic mass is 10.3. The van der Waals surface area contributed by atoms with Crippen molar-refractivity contribution in [1.82, 2.24) is 15.2 Å². The van der Waals surface area contributed by atoms with Gasteiger partial charge in [0.15, 0.2) is 0 Å². The van der Waals surface area contributed by atoms with Gasteiger partial charge < -0.3 is 5.32 Å². The molecule has 2 heterocycles. The summed E-state index contributed by atoms with van der Waals surface area (Å²) in [6.07, 6.45) is 2.77. The summed E-state index contributed by atoms with van der Waals surface area (Å²) in [5, 5.41) is 3.32. The number of hydrogen-bond donors (Lipinski definition) is 1. The Morgan fingerprint density at radius 2 is 2.33 bits per heavy atom. The number of hydrogen-bond acceptors (Lipinski definition) is 3. The summed E-state index contributed by atoms with van der Waals surface area (Å²) in [7, 11) is 0. The van der Waals surface area contributed by atoms with Crippen LogP contribution < -0.4 is 5.32 Å². The van der Waals surface area contributed by atoms with Crippen LogP contribution in [-0.2, 0) is 6.54 Å². The van der Waals surface area contributed by atoms with Gasteiger partial charge in [0.1, 0.15) is 5.82 Å². The Morgan fingerprint density at radius 3 is 3.20 bits per heavy atom. The number of aromatic nitrogens is 1. The first-order valence-electron chi connectivity index (χ1n) is 5.39. The van der Waals surface area contributed by atoms with Crippen LogP contribution in [0.4, 0.5) is 4.39 Å². The molecule has 1 N–H and O–H groups in total. The average Bonchev–Trinajstić information content (AvgIpc) is 2.50. The highest BCUT2D eigenvalue weighted by atomic mass is 19.1. The van der Waals surface area contributed by atoms with Crippen LogP contribution in [0.25, 0.3) is 0 Å². The largest absolute Gasteiger partial charge is 0.315 e. The third kappa shape index (κ3) is 2.97. The van der Waals surface area contributed by atoms with Gasteiger partial charge in [0, 0.05) is 25.8 Å². The molecule has 1 aliphatic heterocycles. The van der Waals surface area contributed by atoms with Crippen LogP contribution in [0.2, 0.25) is 0 Å². The van der Waals surface area contributed by atoms with E-state index in [9.17, 15) is 4.39 Å². The van der Waals surface area contributed by atoms with E-state index in [1.165, 1.54) is 6.07 Å². The van der Waals surface area contributed by atoms with E-state index in [2.05, 4.69) is 15.2 Å². The fourth-order valence-corrected chi connectivity index (χ4v) is 1.81. The van der Waals surface area contributed by atoms with Gasteiger partial charge in [0.05, 0.1) is 5.69 Å². The molecule has 0 aliphatic carbocycles. The molecule has 0 saturated carbocycles. The highest BCUT2D eigenvalue weighted by Crippen LogP contribution is 2.07. The number of nitrogens with zero attached hydrogens (tertiary/aromatic N) is 2.